The van der Waals surface area contributed by atoms with Crippen molar-refractivity contribution in [2.45, 2.75) is 26.7 Å². The average molecular weight is 291 g/mol. The third-order valence-corrected chi connectivity index (χ3v) is 3.82. The van der Waals surface area contributed by atoms with Gasteiger partial charge in [-0.15, -0.1) is 0 Å². The number of hydrogen-bond donors (Lipinski definition) is 1. The van der Waals surface area contributed by atoms with Gasteiger partial charge in [-0.25, -0.2) is 0 Å². The Kier molecular flexibility index (Phi) is 5.62. The molecular weight excluding hydrogens is 266 g/mol. The molecule has 1 amide bonds. The summed E-state index contributed by atoms with van der Waals surface area (Å²) in [6, 6.07) is 7.41. The molecule has 1 saturated heterocycles. The molecule has 0 spiro atoms. The number of piperidine rings is 1. The van der Waals surface area contributed by atoms with Crippen LogP contribution >= 0.6 is 0 Å². The summed E-state index contributed by atoms with van der Waals surface area (Å²) in [5.74, 6) is 1.61. The van der Waals surface area contributed by atoms with Crippen molar-refractivity contribution in [1.29, 1.82) is 0 Å². The molecule has 1 aliphatic rings. The number of aliphatic hydroxyl groups excluding tert-OH is 1. The second-order valence-corrected chi connectivity index (χ2v) is 6.15. The summed E-state index contributed by atoms with van der Waals surface area (Å²) < 4.78 is 5.68. The largest absolute Gasteiger partial charge is 0.493 e. The molecule has 1 heterocycles. The maximum Gasteiger partial charge on any atom is 0.253 e. The standard InChI is InChI=1S/C17H25NO3/c1-13(2)12-21-16-5-3-4-15(10-16)17(20)18-8-6-14(11-19)7-9-18/h3-5,10,13-14,19H,6-9,11-12H2,1-2H3. The summed E-state index contributed by atoms with van der Waals surface area (Å²) in [6.45, 7) is 6.52. The van der Waals surface area contributed by atoms with E-state index in [4.69, 9.17) is 9.84 Å². The highest BCUT2D eigenvalue weighted by Gasteiger charge is 2.23. The fraction of sp³-hybridized carbons (Fsp3) is 0.588. The Morgan fingerprint density at radius 3 is 2.71 bits per heavy atom. The molecule has 0 aromatic heterocycles. The molecule has 21 heavy (non-hydrogen) atoms. The summed E-state index contributed by atoms with van der Waals surface area (Å²) in [5, 5.41) is 9.15. The van der Waals surface area contributed by atoms with Crippen molar-refractivity contribution in [1.82, 2.24) is 4.90 Å². The highest BCUT2D eigenvalue weighted by molar-refractivity contribution is 5.94. The first-order valence-corrected chi connectivity index (χ1v) is 7.73. The van der Waals surface area contributed by atoms with Crippen LogP contribution in [-0.4, -0.2) is 42.2 Å². The molecule has 0 aliphatic carbocycles. The molecule has 1 aliphatic heterocycles. The van der Waals surface area contributed by atoms with E-state index in [-0.39, 0.29) is 12.5 Å². The average Bonchev–Trinajstić information content (AvgIpc) is 2.52. The van der Waals surface area contributed by atoms with Crippen LogP contribution in [0.4, 0.5) is 0 Å². The van der Waals surface area contributed by atoms with Gasteiger partial charge < -0.3 is 14.7 Å². The zero-order chi connectivity index (χ0) is 15.2. The number of rotatable bonds is 5. The number of carbonyl (C=O) groups excluding carboxylic acids is 1. The number of carbonyl (C=O) groups is 1. The van der Waals surface area contributed by atoms with Crippen LogP contribution in [0.2, 0.25) is 0 Å². The Morgan fingerprint density at radius 2 is 2.10 bits per heavy atom. The lowest BCUT2D eigenvalue weighted by Crippen LogP contribution is -2.39. The quantitative estimate of drug-likeness (QED) is 0.907. The summed E-state index contributed by atoms with van der Waals surface area (Å²) in [7, 11) is 0. The number of ether oxygens (including phenoxy) is 1. The third kappa shape index (κ3) is 4.46. The maximum absolute atomic E-state index is 12.5. The van der Waals surface area contributed by atoms with Crippen molar-refractivity contribution in [3.8, 4) is 5.75 Å². The van der Waals surface area contributed by atoms with Gasteiger partial charge in [-0.05, 0) is 42.9 Å². The van der Waals surface area contributed by atoms with Gasteiger partial charge in [0.15, 0.2) is 0 Å². The Balaban J connectivity index is 1.97. The lowest BCUT2D eigenvalue weighted by atomic mass is 9.97. The predicted molar refractivity (Wildman–Crippen MR) is 82.5 cm³/mol. The lowest BCUT2D eigenvalue weighted by molar-refractivity contribution is 0.0650. The molecule has 1 aromatic rings. The Hall–Kier alpha value is -1.55. The molecule has 1 N–H and O–H groups in total. The Bertz CT molecular complexity index is 465. The van der Waals surface area contributed by atoms with Gasteiger partial charge in [0.2, 0.25) is 0 Å². The van der Waals surface area contributed by atoms with Gasteiger partial charge in [0, 0.05) is 25.3 Å². The van der Waals surface area contributed by atoms with E-state index >= 15 is 0 Å². The molecule has 4 nitrogen and oxygen atoms in total. The summed E-state index contributed by atoms with van der Waals surface area (Å²) in [4.78, 5) is 14.4. The van der Waals surface area contributed by atoms with E-state index in [1.807, 2.05) is 29.2 Å². The van der Waals surface area contributed by atoms with Gasteiger partial charge in [-0.3, -0.25) is 4.79 Å². The molecule has 0 bridgehead atoms. The molecule has 116 valence electrons. The maximum atomic E-state index is 12.5. The van der Waals surface area contributed by atoms with Gasteiger partial charge >= 0.3 is 0 Å². The lowest BCUT2D eigenvalue weighted by Gasteiger charge is -2.31. The minimum Gasteiger partial charge on any atom is -0.493 e. The Morgan fingerprint density at radius 1 is 1.38 bits per heavy atom. The van der Waals surface area contributed by atoms with E-state index < -0.39 is 0 Å². The first kappa shape index (κ1) is 15.8. The minimum atomic E-state index is 0.0568. The van der Waals surface area contributed by atoms with E-state index in [1.165, 1.54) is 0 Å². The van der Waals surface area contributed by atoms with Crippen LogP contribution in [0.5, 0.6) is 5.75 Å². The van der Waals surface area contributed by atoms with Crippen LogP contribution < -0.4 is 4.74 Å². The van der Waals surface area contributed by atoms with Crippen LogP contribution in [0.3, 0.4) is 0 Å². The van der Waals surface area contributed by atoms with Crippen LogP contribution in [0.1, 0.15) is 37.0 Å². The van der Waals surface area contributed by atoms with E-state index in [9.17, 15) is 4.79 Å². The molecule has 0 unspecified atom stereocenters. The molecule has 0 saturated carbocycles. The third-order valence-electron chi connectivity index (χ3n) is 3.82. The number of likely N-dealkylation sites (tertiary alicyclic amines) is 1. The van der Waals surface area contributed by atoms with Crippen molar-refractivity contribution < 1.29 is 14.6 Å². The van der Waals surface area contributed by atoms with Crippen LogP contribution in [0.25, 0.3) is 0 Å². The molecule has 2 rings (SSSR count). The van der Waals surface area contributed by atoms with Gasteiger partial charge in [-0.1, -0.05) is 19.9 Å². The van der Waals surface area contributed by atoms with E-state index in [1.54, 1.807) is 0 Å². The summed E-state index contributed by atoms with van der Waals surface area (Å²) in [6.07, 6.45) is 1.76. The van der Waals surface area contributed by atoms with Crippen molar-refractivity contribution in [3.63, 3.8) is 0 Å². The highest BCUT2D eigenvalue weighted by atomic mass is 16.5. The van der Waals surface area contributed by atoms with Gasteiger partial charge in [-0.2, -0.15) is 0 Å². The monoisotopic (exact) mass is 291 g/mol. The molecular formula is C17H25NO3. The van der Waals surface area contributed by atoms with E-state index in [0.717, 1.165) is 31.7 Å². The second kappa shape index (κ2) is 7.46. The van der Waals surface area contributed by atoms with Crippen LogP contribution in [0, 0.1) is 11.8 Å². The molecule has 1 aromatic carbocycles. The number of hydrogen-bond acceptors (Lipinski definition) is 3. The second-order valence-electron chi connectivity index (χ2n) is 6.15. The number of nitrogens with zero attached hydrogens (tertiary/aromatic N) is 1. The summed E-state index contributed by atoms with van der Waals surface area (Å²) in [5.41, 5.74) is 0.679. The Labute approximate surface area is 126 Å². The smallest absolute Gasteiger partial charge is 0.253 e. The van der Waals surface area contributed by atoms with Gasteiger partial charge in [0.1, 0.15) is 5.75 Å². The zero-order valence-electron chi connectivity index (χ0n) is 12.9. The number of benzene rings is 1. The minimum absolute atomic E-state index is 0.0568. The van der Waals surface area contributed by atoms with Crippen LogP contribution in [0.15, 0.2) is 24.3 Å². The molecule has 0 atom stereocenters. The molecule has 4 heteroatoms. The predicted octanol–water partition coefficient (Wildman–Crippen LogP) is 2.57. The van der Waals surface area contributed by atoms with E-state index in [2.05, 4.69) is 13.8 Å². The molecule has 1 fully saturated rings. The first-order valence-electron chi connectivity index (χ1n) is 7.73. The van der Waals surface area contributed by atoms with Crippen molar-refractivity contribution in [3.05, 3.63) is 29.8 Å². The fourth-order valence-electron chi connectivity index (χ4n) is 2.48. The van der Waals surface area contributed by atoms with Crippen molar-refractivity contribution >= 4 is 5.91 Å². The van der Waals surface area contributed by atoms with Crippen LogP contribution in [-0.2, 0) is 0 Å². The van der Waals surface area contributed by atoms with Crippen molar-refractivity contribution in [2.75, 3.05) is 26.3 Å². The highest BCUT2D eigenvalue weighted by Crippen LogP contribution is 2.20. The van der Waals surface area contributed by atoms with Gasteiger partial charge in [0.25, 0.3) is 5.91 Å². The SMILES string of the molecule is CC(C)COc1cccc(C(=O)N2CCC(CO)CC2)c1. The normalized spacial score (nSPS) is 16.3. The van der Waals surface area contributed by atoms with Crippen molar-refractivity contribution in [2.24, 2.45) is 11.8 Å². The first-order chi connectivity index (χ1) is 10.1. The molecule has 0 radical (unpaired) electrons. The topological polar surface area (TPSA) is 49.8 Å². The van der Waals surface area contributed by atoms with E-state index in [0.29, 0.717) is 24.0 Å². The number of aliphatic hydroxyl groups is 1. The zero-order valence-corrected chi connectivity index (χ0v) is 12.9. The van der Waals surface area contributed by atoms with Gasteiger partial charge in [0.05, 0.1) is 6.61 Å². The number of amides is 1. The summed E-state index contributed by atoms with van der Waals surface area (Å²) >= 11 is 0. The fourth-order valence-corrected chi connectivity index (χ4v) is 2.48.